The summed E-state index contributed by atoms with van der Waals surface area (Å²) in [5.41, 5.74) is 18.7. The summed E-state index contributed by atoms with van der Waals surface area (Å²) in [7, 11) is 0. The predicted octanol–water partition coefficient (Wildman–Crippen LogP) is 14.4. The number of thiophene rings is 2. The Bertz CT molecular complexity index is 3740. The van der Waals surface area contributed by atoms with Gasteiger partial charge in [-0.15, -0.1) is 22.7 Å². The molecule has 3 aliphatic rings. The van der Waals surface area contributed by atoms with Crippen molar-refractivity contribution in [3.63, 3.8) is 0 Å². The summed E-state index contributed by atoms with van der Waals surface area (Å²) in [6, 6.07) is 56.6. The van der Waals surface area contributed by atoms with Crippen LogP contribution in [-0.4, -0.2) is 11.4 Å². The van der Waals surface area contributed by atoms with Gasteiger partial charge in [0.25, 0.3) is 0 Å². The molecule has 0 saturated heterocycles. The van der Waals surface area contributed by atoms with Gasteiger partial charge in [0.15, 0.2) is 0 Å². The lowest BCUT2D eigenvalue weighted by Crippen LogP contribution is -2.60. The van der Waals surface area contributed by atoms with Crippen LogP contribution in [0, 0.1) is 0 Å². The Morgan fingerprint density at radius 2 is 1.18 bits per heavy atom. The van der Waals surface area contributed by atoms with Crippen LogP contribution < -0.4 is 15.7 Å². The summed E-state index contributed by atoms with van der Waals surface area (Å²) < 4.78 is 8.01. The highest BCUT2D eigenvalue weighted by Crippen LogP contribution is 2.53. The third-order valence-electron chi connectivity index (χ3n) is 14.3. The largest absolute Gasteiger partial charge is 0.376 e. The number of hydrogen-bond donors (Lipinski definition) is 0. The molecule has 5 heterocycles. The lowest BCUT2D eigenvalue weighted by Gasteiger charge is -2.42. The minimum Gasteiger partial charge on any atom is -0.376 e. The van der Waals surface area contributed by atoms with Crippen molar-refractivity contribution >= 4 is 114 Å². The Kier molecular flexibility index (Phi) is 6.26. The van der Waals surface area contributed by atoms with Crippen molar-refractivity contribution in [2.45, 2.75) is 45.4 Å². The SMILES string of the molecule is CC(C)(C)c1ccc(N2B3c4cc5c(cc4-n4c6cc7c(cc6c6ccc(c3c64)-c3cc4sc6ccccc6c4cc32)C(C)(C)c2ccccc2-7)sc2ccccc25)cc1. The summed E-state index contributed by atoms with van der Waals surface area (Å²) in [4.78, 5) is 2.70. The first-order valence-corrected chi connectivity index (χ1v) is 22.8. The smallest absolute Gasteiger partial charge is 0.333 e. The minimum atomic E-state index is -0.0861. The fourth-order valence-electron chi connectivity index (χ4n) is 11.4. The highest BCUT2D eigenvalue weighted by molar-refractivity contribution is 7.26. The zero-order valence-corrected chi connectivity index (χ0v) is 35.8. The van der Waals surface area contributed by atoms with E-state index in [9.17, 15) is 0 Å². The highest BCUT2D eigenvalue weighted by atomic mass is 32.1. The van der Waals surface area contributed by atoms with Gasteiger partial charge >= 0.3 is 6.85 Å². The first-order chi connectivity index (χ1) is 29.1. The molecule has 0 fully saturated rings. The van der Waals surface area contributed by atoms with E-state index in [1.165, 1.54) is 129 Å². The minimum absolute atomic E-state index is 0.0436. The fraction of sp³-hybridized carbons (Fsp3) is 0.127. The molecule has 0 bridgehead atoms. The molecule has 0 amide bonds. The second-order valence-electron chi connectivity index (χ2n) is 18.9. The average molecular weight is 803 g/mol. The van der Waals surface area contributed by atoms with Crippen LogP contribution in [0.2, 0.25) is 0 Å². The van der Waals surface area contributed by atoms with E-state index in [1.807, 2.05) is 22.7 Å². The molecule has 2 nitrogen and oxygen atoms in total. The van der Waals surface area contributed by atoms with Crippen molar-refractivity contribution in [2.24, 2.45) is 0 Å². The summed E-state index contributed by atoms with van der Waals surface area (Å²) in [5, 5.41) is 8.01. The number of nitrogens with zero attached hydrogens (tertiary/aromatic N) is 2. The Hall–Kier alpha value is -6.14. The zero-order valence-electron chi connectivity index (χ0n) is 34.1. The van der Waals surface area contributed by atoms with Gasteiger partial charge < -0.3 is 9.38 Å². The van der Waals surface area contributed by atoms with Crippen molar-refractivity contribution in [1.82, 2.24) is 4.57 Å². The van der Waals surface area contributed by atoms with Crippen LogP contribution in [0.3, 0.4) is 0 Å². The molecule has 14 rings (SSSR count). The van der Waals surface area contributed by atoms with Crippen molar-refractivity contribution < 1.29 is 0 Å². The molecule has 0 atom stereocenters. The van der Waals surface area contributed by atoms with Gasteiger partial charge in [0.1, 0.15) is 0 Å². The van der Waals surface area contributed by atoms with E-state index in [1.54, 1.807) is 0 Å². The molecule has 3 aromatic heterocycles. The summed E-state index contributed by atoms with van der Waals surface area (Å²) in [6.45, 7) is 11.7. The second kappa shape index (κ2) is 11.2. The van der Waals surface area contributed by atoms with Crippen molar-refractivity contribution in [3.05, 3.63) is 162 Å². The van der Waals surface area contributed by atoms with Gasteiger partial charge in [0.05, 0.1) is 11.0 Å². The van der Waals surface area contributed by atoms with Crippen LogP contribution in [0.4, 0.5) is 11.4 Å². The van der Waals surface area contributed by atoms with E-state index in [0.29, 0.717) is 0 Å². The molecule has 0 radical (unpaired) electrons. The Morgan fingerprint density at radius 3 is 1.93 bits per heavy atom. The normalized spacial score (nSPS) is 14.8. The molecule has 2 aliphatic heterocycles. The first-order valence-electron chi connectivity index (χ1n) is 21.2. The van der Waals surface area contributed by atoms with Gasteiger partial charge in [0, 0.05) is 79.2 Å². The van der Waals surface area contributed by atoms with Gasteiger partial charge in [-0.2, -0.15) is 0 Å². The molecule has 0 unspecified atom stereocenters. The summed E-state index contributed by atoms with van der Waals surface area (Å²) >= 11 is 3.83. The molecule has 0 spiro atoms. The van der Waals surface area contributed by atoms with E-state index in [0.717, 1.165) is 0 Å². The van der Waals surface area contributed by atoms with E-state index in [-0.39, 0.29) is 17.7 Å². The molecule has 284 valence electrons. The van der Waals surface area contributed by atoms with Crippen LogP contribution in [0.15, 0.2) is 146 Å². The lowest BCUT2D eigenvalue weighted by atomic mass is 9.44. The first kappa shape index (κ1) is 33.7. The van der Waals surface area contributed by atoms with Crippen molar-refractivity contribution in [1.29, 1.82) is 0 Å². The van der Waals surface area contributed by atoms with E-state index >= 15 is 0 Å². The van der Waals surface area contributed by atoms with Gasteiger partial charge in [-0.1, -0.05) is 126 Å². The van der Waals surface area contributed by atoms with E-state index < -0.39 is 0 Å². The predicted molar refractivity (Wildman–Crippen MR) is 262 cm³/mol. The maximum absolute atomic E-state index is 2.70. The lowest BCUT2D eigenvalue weighted by molar-refractivity contribution is 0.590. The number of aromatic nitrogens is 1. The second-order valence-corrected chi connectivity index (χ2v) is 21.1. The number of benzene rings is 8. The molecule has 60 heavy (non-hydrogen) atoms. The van der Waals surface area contributed by atoms with E-state index in [2.05, 4.69) is 190 Å². The summed E-state index contributed by atoms with van der Waals surface area (Å²) in [5.74, 6) is 0. The number of hydrogen-bond acceptors (Lipinski definition) is 3. The zero-order chi connectivity index (χ0) is 40.0. The number of fused-ring (bicyclic) bond motifs is 17. The van der Waals surface area contributed by atoms with E-state index in [4.69, 9.17) is 0 Å². The monoisotopic (exact) mass is 802 g/mol. The quantitative estimate of drug-likeness (QED) is 0.150. The molecule has 11 aromatic rings. The van der Waals surface area contributed by atoms with Crippen LogP contribution in [-0.2, 0) is 10.8 Å². The molecule has 0 saturated carbocycles. The number of rotatable bonds is 1. The fourth-order valence-corrected chi connectivity index (χ4v) is 13.7. The van der Waals surface area contributed by atoms with Gasteiger partial charge in [-0.25, -0.2) is 0 Å². The Morgan fingerprint density at radius 1 is 0.500 bits per heavy atom. The van der Waals surface area contributed by atoms with Crippen molar-refractivity contribution in [2.75, 3.05) is 4.81 Å². The summed E-state index contributed by atoms with van der Waals surface area (Å²) in [6.07, 6.45) is 0. The van der Waals surface area contributed by atoms with Crippen LogP contribution in [0.5, 0.6) is 0 Å². The Balaban J connectivity index is 1.16. The maximum atomic E-state index is 2.70. The maximum Gasteiger partial charge on any atom is 0.333 e. The van der Waals surface area contributed by atoms with Gasteiger partial charge in [-0.05, 0) is 104 Å². The van der Waals surface area contributed by atoms with Crippen LogP contribution >= 0.6 is 22.7 Å². The standard InChI is InChI=1S/C55H39BN2S2/c1-54(2,3)30-18-20-31(21-19-30)58-46-27-41-34-14-8-11-17-49(34)59-50(41)28-39(46)35-22-23-36-38-24-43-37(32-12-6-9-15-42(32)55(43,4)5)26-45(38)57-47-29-51-40(33-13-7-10-16-48(33)60-51)25-44(47)56(58)52(35)53(36)57/h6-29H,1-5H3. The molecular formula is C55H39BN2S2. The van der Waals surface area contributed by atoms with Crippen molar-refractivity contribution in [3.8, 4) is 27.9 Å². The molecule has 1 aliphatic carbocycles. The molecular weight excluding hydrogens is 764 g/mol. The molecule has 0 N–H and O–H groups in total. The third-order valence-corrected chi connectivity index (χ3v) is 16.6. The van der Waals surface area contributed by atoms with Gasteiger partial charge in [-0.3, -0.25) is 0 Å². The molecule has 8 aromatic carbocycles. The Labute approximate surface area is 357 Å². The van der Waals surface area contributed by atoms with Gasteiger partial charge in [0.2, 0.25) is 0 Å². The van der Waals surface area contributed by atoms with Crippen LogP contribution in [0.1, 0.15) is 51.3 Å². The average Bonchev–Trinajstić information content (AvgIpc) is 3.97. The number of anilines is 2. The highest BCUT2D eigenvalue weighted by Gasteiger charge is 2.45. The molecule has 5 heteroatoms. The van der Waals surface area contributed by atoms with Crippen LogP contribution in [0.25, 0.3) is 90.1 Å². The topological polar surface area (TPSA) is 8.17 Å². The third kappa shape index (κ3) is 4.15.